The molecule has 0 atom stereocenters. The monoisotopic (exact) mass is 309 g/mol. The van der Waals surface area contributed by atoms with Gasteiger partial charge in [0.1, 0.15) is 0 Å². The van der Waals surface area contributed by atoms with Gasteiger partial charge in [0.25, 0.3) is 0 Å². The first-order chi connectivity index (χ1) is 10.2. The smallest absolute Gasteiger partial charge is 0.234 e. The molecule has 1 saturated heterocycles. The second-order valence-corrected chi connectivity index (χ2v) is 5.88. The summed E-state index contributed by atoms with van der Waals surface area (Å²) >= 11 is 5.94. The molecule has 0 aliphatic carbocycles. The van der Waals surface area contributed by atoms with Gasteiger partial charge in [-0.2, -0.15) is 0 Å². The molecule has 1 aliphatic rings. The Hall–Kier alpha value is -1.10. The molecular weight excluding hydrogens is 286 g/mol. The van der Waals surface area contributed by atoms with Gasteiger partial charge in [0.05, 0.1) is 6.54 Å². The molecule has 1 heterocycles. The summed E-state index contributed by atoms with van der Waals surface area (Å²) in [7, 11) is 0. The molecule has 1 aliphatic heterocycles. The zero-order valence-corrected chi connectivity index (χ0v) is 13.4. The largest absolute Gasteiger partial charge is 0.355 e. The molecule has 4 nitrogen and oxygen atoms in total. The minimum atomic E-state index is 0.113. The summed E-state index contributed by atoms with van der Waals surface area (Å²) in [6.07, 6.45) is 0.815. The summed E-state index contributed by atoms with van der Waals surface area (Å²) in [4.78, 5) is 16.6. The molecule has 21 heavy (non-hydrogen) atoms. The fourth-order valence-electron chi connectivity index (χ4n) is 2.56. The van der Waals surface area contributed by atoms with Crippen molar-refractivity contribution < 1.29 is 4.79 Å². The van der Waals surface area contributed by atoms with Crippen molar-refractivity contribution in [3.63, 3.8) is 0 Å². The third-order valence-electron chi connectivity index (χ3n) is 3.90. The molecule has 0 aromatic heterocycles. The van der Waals surface area contributed by atoms with Crippen LogP contribution in [0.3, 0.4) is 0 Å². The van der Waals surface area contributed by atoms with E-state index in [-0.39, 0.29) is 5.91 Å². The SMILES string of the molecule is CCN1CCN(CC(=O)NCCc2cccc(Cl)c2)CC1. The summed E-state index contributed by atoms with van der Waals surface area (Å²) in [6.45, 7) is 8.53. The molecule has 1 amide bonds. The molecule has 116 valence electrons. The maximum atomic E-state index is 11.9. The molecule has 1 fully saturated rings. The third-order valence-corrected chi connectivity index (χ3v) is 4.14. The Balaban J connectivity index is 1.64. The lowest BCUT2D eigenvalue weighted by molar-refractivity contribution is -0.122. The van der Waals surface area contributed by atoms with E-state index in [1.807, 2.05) is 24.3 Å². The standard InChI is InChI=1S/C16H24ClN3O/c1-2-19-8-10-20(11-9-19)13-16(21)18-7-6-14-4-3-5-15(17)12-14/h3-5,12H,2,6-11,13H2,1H3,(H,18,21). The molecule has 1 aromatic rings. The molecule has 0 saturated carbocycles. The Morgan fingerprint density at radius 2 is 1.95 bits per heavy atom. The first-order valence-corrected chi connectivity index (χ1v) is 8.01. The molecule has 0 bridgehead atoms. The van der Waals surface area contributed by atoms with Gasteiger partial charge in [0.2, 0.25) is 5.91 Å². The molecule has 1 N–H and O–H groups in total. The minimum absolute atomic E-state index is 0.113. The van der Waals surface area contributed by atoms with Gasteiger partial charge in [0, 0.05) is 37.7 Å². The summed E-state index contributed by atoms with van der Waals surface area (Å²) in [6, 6.07) is 7.77. The van der Waals surface area contributed by atoms with E-state index in [0.717, 1.165) is 49.7 Å². The van der Waals surface area contributed by atoms with Crippen LogP contribution in [-0.4, -0.2) is 61.5 Å². The Morgan fingerprint density at radius 1 is 1.24 bits per heavy atom. The predicted molar refractivity (Wildman–Crippen MR) is 86.7 cm³/mol. The summed E-state index contributed by atoms with van der Waals surface area (Å²) in [5.41, 5.74) is 1.15. The highest BCUT2D eigenvalue weighted by Gasteiger charge is 2.17. The van der Waals surface area contributed by atoms with Crippen molar-refractivity contribution in [3.8, 4) is 0 Å². The molecular formula is C16H24ClN3O. The van der Waals surface area contributed by atoms with Gasteiger partial charge in [-0.1, -0.05) is 30.7 Å². The van der Waals surface area contributed by atoms with Crippen molar-refractivity contribution in [2.24, 2.45) is 0 Å². The number of piperazine rings is 1. The number of hydrogen-bond donors (Lipinski definition) is 1. The van der Waals surface area contributed by atoms with E-state index in [1.165, 1.54) is 0 Å². The van der Waals surface area contributed by atoms with Crippen LogP contribution in [0.25, 0.3) is 0 Å². The highest BCUT2D eigenvalue weighted by Crippen LogP contribution is 2.10. The van der Waals surface area contributed by atoms with E-state index in [4.69, 9.17) is 11.6 Å². The van der Waals surface area contributed by atoms with Crippen LogP contribution >= 0.6 is 11.6 Å². The van der Waals surface area contributed by atoms with E-state index in [9.17, 15) is 4.79 Å². The van der Waals surface area contributed by atoms with Crippen molar-refractivity contribution >= 4 is 17.5 Å². The lowest BCUT2D eigenvalue weighted by atomic mass is 10.1. The Kier molecular flexibility index (Phi) is 6.49. The van der Waals surface area contributed by atoms with Gasteiger partial charge >= 0.3 is 0 Å². The first kappa shape index (κ1) is 16.3. The molecule has 1 aromatic carbocycles. The number of nitrogens with one attached hydrogen (secondary N) is 1. The molecule has 0 spiro atoms. The normalized spacial score (nSPS) is 16.9. The van der Waals surface area contributed by atoms with Gasteiger partial charge in [-0.3, -0.25) is 9.69 Å². The molecule has 2 rings (SSSR count). The lowest BCUT2D eigenvalue weighted by Crippen LogP contribution is -2.49. The zero-order valence-electron chi connectivity index (χ0n) is 12.6. The second-order valence-electron chi connectivity index (χ2n) is 5.44. The second kappa shape index (κ2) is 8.37. The number of nitrogens with zero attached hydrogens (tertiary/aromatic N) is 2. The maximum absolute atomic E-state index is 11.9. The minimum Gasteiger partial charge on any atom is -0.355 e. The Labute approximate surface area is 132 Å². The molecule has 0 radical (unpaired) electrons. The van der Waals surface area contributed by atoms with Gasteiger partial charge < -0.3 is 10.2 Å². The van der Waals surface area contributed by atoms with E-state index in [0.29, 0.717) is 13.1 Å². The highest BCUT2D eigenvalue weighted by atomic mass is 35.5. The first-order valence-electron chi connectivity index (χ1n) is 7.63. The van der Waals surface area contributed by atoms with Crippen molar-refractivity contribution in [3.05, 3.63) is 34.9 Å². The van der Waals surface area contributed by atoms with Crippen molar-refractivity contribution in [1.82, 2.24) is 15.1 Å². The summed E-state index contributed by atoms with van der Waals surface area (Å²) in [5.74, 6) is 0.113. The fraction of sp³-hybridized carbons (Fsp3) is 0.562. The number of benzene rings is 1. The number of amides is 1. The number of halogens is 1. The van der Waals surface area contributed by atoms with E-state index < -0.39 is 0 Å². The maximum Gasteiger partial charge on any atom is 0.234 e. The fourth-order valence-corrected chi connectivity index (χ4v) is 2.77. The average Bonchev–Trinajstić information content (AvgIpc) is 2.48. The van der Waals surface area contributed by atoms with Crippen molar-refractivity contribution in [2.75, 3.05) is 45.8 Å². The number of likely N-dealkylation sites (N-methyl/N-ethyl adjacent to an activating group) is 1. The van der Waals surface area contributed by atoms with E-state index in [2.05, 4.69) is 22.0 Å². The van der Waals surface area contributed by atoms with Gasteiger partial charge in [0.15, 0.2) is 0 Å². The van der Waals surface area contributed by atoms with Crippen LogP contribution in [0, 0.1) is 0 Å². The number of hydrogen-bond acceptors (Lipinski definition) is 3. The number of carbonyl (C=O) groups is 1. The van der Waals surface area contributed by atoms with Crippen LogP contribution in [0.15, 0.2) is 24.3 Å². The van der Waals surface area contributed by atoms with Crippen LogP contribution in [0.4, 0.5) is 0 Å². The Morgan fingerprint density at radius 3 is 2.62 bits per heavy atom. The van der Waals surface area contributed by atoms with Gasteiger partial charge in [-0.15, -0.1) is 0 Å². The average molecular weight is 310 g/mol. The highest BCUT2D eigenvalue weighted by molar-refractivity contribution is 6.30. The van der Waals surface area contributed by atoms with Crippen LogP contribution in [0.1, 0.15) is 12.5 Å². The lowest BCUT2D eigenvalue weighted by Gasteiger charge is -2.33. The summed E-state index contributed by atoms with van der Waals surface area (Å²) < 4.78 is 0. The zero-order chi connectivity index (χ0) is 15.1. The van der Waals surface area contributed by atoms with Crippen LogP contribution in [0.2, 0.25) is 5.02 Å². The third kappa shape index (κ3) is 5.65. The predicted octanol–water partition coefficient (Wildman–Crippen LogP) is 1.64. The van der Waals surface area contributed by atoms with E-state index in [1.54, 1.807) is 0 Å². The number of carbonyl (C=O) groups excluding carboxylic acids is 1. The number of rotatable bonds is 6. The Bertz CT molecular complexity index is 459. The van der Waals surface area contributed by atoms with Crippen molar-refractivity contribution in [1.29, 1.82) is 0 Å². The van der Waals surface area contributed by atoms with Gasteiger partial charge in [-0.05, 0) is 30.7 Å². The van der Waals surface area contributed by atoms with E-state index >= 15 is 0 Å². The van der Waals surface area contributed by atoms with Gasteiger partial charge in [-0.25, -0.2) is 0 Å². The van der Waals surface area contributed by atoms with Crippen molar-refractivity contribution in [2.45, 2.75) is 13.3 Å². The quantitative estimate of drug-likeness (QED) is 0.868. The van der Waals surface area contributed by atoms with Crippen LogP contribution in [-0.2, 0) is 11.2 Å². The molecule has 0 unspecified atom stereocenters. The molecule has 5 heteroatoms. The van der Waals surface area contributed by atoms with Crippen LogP contribution < -0.4 is 5.32 Å². The summed E-state index contributed by atoms with van der Waals surface area (Å²) in [5, 5.41) is 3.73. The topological polar surface area (TPSA) is 35.6 Å². The van der Waals surface area contributed by atoms with Crippen LogP contribution in [0.5, 0.6) is 0 Å².